The molecule has 0 rings (SSSR count). The number of nitrogens with zero attached hydrogens (tertiary/aromatic N) is 1. The molecule has 0 saturated carbocycles. The molecular formula is CHFeNO3+. The quantitative estimate of drug-likeness (QED) is 0.317. The number of hydrogen-bond acceptors (Lipinski definition) is 4. The minimum absolute atomic E-state index is 0.690. The molecule has 0 atom stereocenters. The second-order valence-electron chi connectivity index (χ2n) is 0.408. The van der Waals surface area contributed by atoms with Crippen molar-refractivity contribution in [1.29, 1.82) is 0 Å². The topological polar surface area (TPSA) is 58.9 Å². The molecule has 35 valence electrons. The second-order valence-corrected chi connectivity index (χ2v) is 0.881. The molecular weight excluding hydrogens is 130 g/mol. The molecule has 0 radical (unpaired) electrons. The zero-order valence-corrected chi connectivity index (χ0v) is 3.67. The maximum atomic E-state index is 8.92. The first kappa shape index (κ1) is 5.75. The number of aliphatic hydroxyl groups is 1. The molecule has 0 unspecified atom stereocenters. The summed E-state index contributed by atoms with van der Waals surface area (Å²) in [7, 11) is 0. The van der Waals surface area contributed by atoms with Crippen LogP contribution >= 0.6 is 0 Å². The minimum atomic E-state index is -0.690. The van der Waals surface area contributed by atoms with Crippen LogP contribution < -0.4 is 0 Å². The molecule has 6 heavy (non-hydrogen) atoms. The van der Waals surface area contributed by atoms with Crippen molar-refractivity contribution in [3.63, 3.8) is 0 Å². The van der Waals surface area contributed by atoms with Crippen molar-refractivity contribution in [3.05, 3.63) is 4.91 Å². The summed E-state index contributed by atoms with van der Waals surface area (Å²) in [6.45, 7) is 0. The summed E-state index contributed by atoms with van der Waals surface area (Å²) in [5.74, 6) is 0. The Labute approximate surface area is 41.4 Å². The fraction of sp³-hybridized carbons (Fsp3) is 0. The summed E-state index contributed by atoms with van der Waals surface area (Å²) in [4.78, 5) is 11.7. The molecule has 0 aromatic heterocycles. The Balaban J connectivity index is 3.05. The van der Waals surface area contributed by atoms with Gasteiger partial charge < -0.3 is 0 Å². The Morgan fingerprint density at radius 3 is 2.50 bits per heavy atom. The molecule has 0 saturated heterocycles. The van der Waals surface area contributed by atoms with Gasteiger partial charge in [-0.05, 0) is 0 Å². The van der Waals surface area contributed by atoms with E-state index in [-0.39, 0.29) is 0 Å². The normalized spacial score (nSPS) is 6.83. The van der Waals surface area contributed by atoms with Gasteiger partial charge in [0.15, 0.2) is 0 Å². The van der Waals surface area contributed by atoms with Crippen LogP contribution in [0.1, 0.15) is 0 Å². The number of aliphatic hydroxyl groups excluding tert-OH is 1. The Bertz CT molecular complexity index is 71.2. The molecule has 0 amide bonds. The summed E-state index contributed by atoms with van der Waals surface area (Å²) in [6.07, 6.45) is 0. The Hall–Kier alpha value is -0.251. The van der Waals surface area contributed by atoms with Crippen molar-refractivity contribution in [3.8, 4) is 0 Å². The SMILES string of the molecule is O=NO[C](O)=[Fe+]. The van der Waals surface area contributed by atoms with Crippen molar-refractivity contribution in [1.82, 2.24) is 0 Å². The predicted octanol–water partition coefficient (Wildman–Crippen LogP) is -0.309. The first-order chi connectivity index (χ1) is 2.77. The van der Waals surface area contributed by atoms with Crippen LogP contribution in [-0.2, 0) is 20.4 Å². The summed E-state index contributed by atoms with van der Waals surface area (Å²) >= 11 is 2.78. The number of rotatable bonds is 2. The van der Waals surface area contributed by atoms with Crippen LogP contribution in [0.15, 0.2) is 5.34 Å². The van der Waals surface area contributed by atoms with Crippen LogP contribution in [0.2, 0.25) is 0 Å². The zero-order valence-electron chi connectivity index (χ0n) is 2.56. The standard InChI is InChI=1S/CHNO3.Fe/c3-1-5-2-4;/h3H;/q;+1. The monoisotopic (exact) mass is 131 g/mol. The molecule has 0 aromatic carbocycles. The van der Waals surface area contributed by atoms with Gasteiger partial charge >= 0.3 is 40.6 Å². The summed E-state index contributed by atoms with van der Waals surface area (Å²) in [6, 6.07) is 0. The van der Waals surface area contributed by atoms with Crippen LogP contribution in [-0.4, -0.2) is 9.90 Å². The van der Waals surface area contributed by atoms with Gasteiger partial charge in [-0.3, -0.25) is 0 Å². The number of hydrogen-bond donors (Lipinski definition) is 1. The van der Waals surface area contributed by atoms with E-state index < -0.39 is 4.79 Å². The van der Waals surface area contributed by atoms with Crippen LogP contribution in [0.4, 0.5) is 0 Å². The van der Waals surface area contributed by atoms with E-state index in [0.717, 1.165) is 0 Å². The van der Waals surface area contributed by atoms with E-state index in [0.29, 0.717) is 0 Å². The van der Waals surface area contributed by atoms with E-state index in [1.807, 2.05) is 5.34 Å². The molecule has 0 aliphatic carbocycles. The van der Waals surface area contributed by atoms with Crippen molar-refractivity contribution >= 4 is 4.79 Å². The summed E-state index contributed by atoms with van der Waals surface area (Å²) in [5, 5.41) is 9.68. The molecule has 0 fully saturated rings. The third-order valence-electron chi connectivity index (χ3n) is 0.110. The van der Waals surface area contributed by atoms with E-state index in [9.17, 15) is 0 Å². The van der Waals surface area contributed by atoms with Gasteiger partial charge in [0.25, 0.3) is 0 Å². The molecule has 0 heterocycles. The molecule has 0 aliphatic heterocycles. The van der Waals surface area contributed by atoms with E-state index >= 15 is 0 Å². The van der Waals surface area contributed by atoms with Gasteiger partial charge in [-0.15, -0.1) is 0 Å². The molecule has 0 spiro atoms. The first-order valence-electron chi connectivity index (χ1n) is 0.970. The van der Waals surface area contributed by atoms with Gasteiger partial charge in [-0.2, -0.15) is 0 Å². The van der Waals surface area contributed by atoms with Gasteiger partial charge in [-0.25, -0.2) is 0 Å². The van der Waals surface area contributed by atoms with Crippen molar-refractivity contribution < 1.29 is 25.5 Å². The maximum absolute atomic E-state index is 8.92. The van der Waals surface area contributed by atoms with E-state index in [2.05, 4.69) is 20.4 Å². The van der Waals surface area contributed by atoms with Crippen LogP contribution in [0, 0.1) is 4.91 Å². The summed E-state index contributed by atoms with van der Waals surface area (Å²) < 4.78 is 0. The average molecular weight is 131 g/mol. The van der Waals surface area contributed by atoms with Gasteiger partial charge in [0, 0.05) is 0 Å². The zero-order chi connectivity index (χ0) is 4.99. The van der Waals surface area contributed by atoms with Crippen LogP contribution in [0.5, 0.6) is 0 Å². The van der Waals surface area contributed by atoms with E-state index in [1.54, 1.807) is 0 Å². The van der Waals surface area contributed by atoms with E-state index in [4.69, 9.17) is 10.0 Å². The molecule has 0 aliphatic rings. The molecule has 4 nitrogen and oxygen atoms in total. The molecule has 1 N–H and O–H groups in total. The van der Waals surface area contributed by atoms with Crippen molar-refractivity contribution in [2.45, 2.75) is 0 Å². The van der Waals surface area contributed by atoms with Gasteiger partial charge in [0.05, 0.1) is 0 Å². The third-order valence-corrected chi connectivity index (χ3v) is 0.211. The van der Waals surface area contributed by atoms with Gasteiger partial charge in [0.1, 0.15) is 0 Å². The predicted molar refractivity (Wildman–Crippen MR) is 13.8 cm³/mol. The van der Waals surface area contributed by atoms with Gasteiger partial charge in [-0.1, -0.05) is 0 Å². The molecule has 5 heteroatoms. The van der Waals surface area contributed by atoms with Crippen molar-refractivity contribution in [2.75, 3.05) is 0 Å². The fourth-order valence-corrected chi connectivity index (χ4v) is 0.0710. The molecule has 0 aromatic rings. The van der Waals surface area contributed by atoms with Crippen LogP contribution in [0.25, 0.3) is 0 Å². The third kappa shape index (κ3) is 3.75. The Kier molecular flexibility index (Phi) is 2.84. The second kappa shape index (κ2) is 2.96. The summed E-state index contributed by atoms with van der Waals surface area (Å²) in [5.41, 5.74) is 0. The molecule has 0 bridgehead atoms. The first-order valence-corrected chi connectivity index (χ1v) is 1.52. The van der Waals surface area contributed by atoms with Crippen LogP contribution in [0.3, 0.4) is 0 Å². The fourth-order valence-electron chi connectivity index (χ4n) is 0.0298. The average Bonchev–Trinajstić information content (AvgIpc) is 1.35. The van der Waals surface area contributed by atoms with E-state index in [1.165, 1.54) is 0 Å². The Morgan fingerprint density at radius 1 is 2.00 bits per heavy atom. The van der Waals surface area contributed by atoms with Gasteiger partial charge in [0.2, 0.25) is 0 Å². The van der Waals surface area contributed by atoms with Crippen molar-refractivity contribution in [2.24, 2.45) is 5.34 Å². The Morgan fingerprint density at radius 2 is 2.50 bits per heavy atom.